The van der Waals surface area contributed by atoms with Gasteiger partial charge < -0.3 is 0 Å². The Morgan fingerprint density at radius 2 is 1.64 bits per heavy atom. The maximum atomic E-state index is 13.4. The second-order valence-corrected chi connectivity index (χ2v) is 5.43. The fourth-order valence-electron chi connectivity index (χ4n) is 2.72. The topological polar surface area (TPSA) is 23.8 Å². The summed E-state index contributed by atoms with van der Waals surface area (Å²) in [6.07, 6.45) is -3.17. The first-order valence-corrected chi connectivity index (χ1v) is 7.37. The average molecular weight is 341 g/mol. The summed E-state index contributed by atoms with van der Waals surface area (Å²) < 4.78 is 53.5. The molecule has 1 nitrogen and oxygen atoms in total. The van der Waals surface area contributed by atoms with Gasteiger partial charge in [0.05, 0.1) is 17.2 Å². The highest BCUT2D eigenvalue weighted by molar-refractivity contribution is 6.00. The molecule has 0 spiro atoms. The van der Waals surface area contributed by atoms with E-state index in [0.717, 1.165) is 6.07 Å². The van der Waals surface area contributed by atoms with Gasteiger partial charge in [-0.05, 0) is 40.8 Å². The van der Waals surface area contributed by atoms with Gasteiger partial charge in [-0.25, -0.2) is 4.39 Å². The van der Waals surface area contributed by atoms with E-state index in [1.807, 2.05) is 6.07 Å². The van der Waals surface area contributed by atoms with Crippen LogP contribution >= 0.6 is 0 Å². The van der Waals surface area contributed by atoms with Crippen LogP contribution in [-0.2, 0) is 6.18 Å². The molecule has 0 saturated heterocycles. The fourth-order valence-corrected chi connectivity index (χ4v) is 2.72. The summed E-state index contributed by atoms with van der Waals surface area (Å²) in [5.74, 6) is -0.521. The standard InChI is InChI=1S/C20H11F4N/c21-17-8-2-6-14(11-17)16(12-25)10-15-7-1-4-13-5-3-9-18(19(13)15)20(22,23)24/h1-11H/b16-10+. The zero-order chi connectivity index (χ0) is 18.0. The number of hydrogen-bond donors (Lipinski definition) is 0. The smallest absolute Gasteiger partial charge is 0.207 e. The summed E-state index contributed by atoms with van der Waals surface area (Å²) in [5.41, 5.74) is -0.118. The molecule has 0 aliphatic carbocycles. The highest BCUT2D eigenvalue weighted by Gasteiger charge is 2.32. The number of fused-ring (bicyclic) bond motifs is 1. The van der Waals surface area contributed by atoms with Crippen molar-refractivity contribution >= 4 is 22.4 Å². The second-order valence-electron chi connectivity index (χ2n) is 5.43. The average Bonchev–Trinajstić information content (AvgIpc) is 2.58. The molecule has 25 heavy (non-hydrogen) atoms. The molecule has 0 aliphatic rings. The second kappa shape index (κ2) is 6.40. The third-order valence-corrected chi connectivity index (χ3v) is 3.80. The largest absolute Gasteiger partial charge is 0.417 e. The van der Waals surface area contributed by atoms with Gasteiger partial charge in [0.25, 0.3) is 0 Å². The third kappa shape index (κ3) is 3.38. The van der Waals surface area contributed by atoms with Crippen LogP contribution in [0.2, 0.25) is 0 Å². The Labute approximate surface area is 141 Å². The lowest BCUT2D eigenvalue weighted by Gasteiger charge is -2.13. The summed E-state index contributed by atoms with van der Waals surface area (Å²) in [6.45, 7) is 0. The maximum Gasteiger partial charge on any atom is 0.417 e. The summed E-state index contributed by atoms with van der Waals surface area (Å²) in [4.78, 5) is 0. The number of nitrogens with zero attached hydrogens (tertiary/aromatic N) is 1. The molecule has 0 atom stereocenters. The lowest BCUT2D eigenvalue weighted by molar-refractivity contribution is -0.136. The van der Waals surface area contributed by atoms with E-state index >= 15 is 0 Å². The number of nitriles is 1. The Balaban J connectivity index is 2.27. The SMILES string of the molecule is N#C/C(=C\c1cccc2cccc(C(F)(F)F)c12)c1cccc(F)c1. The Morgan fingerprint density at radius 1 is 0.960 bits per heavy atom. The zero-order valence-corrected chi connectivity index (χ0v) is 12.8. The summed E-state index contributed by atoms with van der Waals surface area (Å²) in [5, 5.41) is 9.80. The molecule has 0 aliphatic heterocycles. The highest BCUT2D eigenvalue weighted by atomic mass is 19.4. The Bertz CT molecular complexity index is 1000. The summed E-state index contributed by atoms with van der Waals surface area (Å²) in [7, 11) is 0. The van der Waals surface area contributed by atoms with Gasteiger partial charge in [-0.1, -0.05) is 42.5 Å². The molecule has 0 bridgehead atoms. The predicted octanol–water partition coefficient (Wildman–Crippen LogP) is 6.06. The van der Waals surface area contributed by atoms with Crippen LogP contribution in [0.3, 0.4) is 0 Å². The van der Waals surface area contributed by atoms with E-state index in [9.17, 15) is 22.8 Å². The predicted molar refractivity (Wildman–Crippen MR) is 88.8 cm³/mol. The molecule has 0 fully saturated rings. The van der Waals surface area contributed by atoms with Gasteiger partial charge in [0, 0.05) is 5.39 Å². The van der Waals surface area contributed by atoms with Gasteiger partial charge in [-0.3, -0.25) is 0 Å². The van der Waals surface area contributed by atoms with Crippen LogP contribution in [0.5, 0.6) is 0 Å². The maximum absolute atomic E-state index is 13.4. The number of halogens is 4. The number of hydrogen-bond acceptors (Lipinski definition) is 1. The molecule has 5 heteroatoms. The van der Waals surface area contributed by atoms with Gasteiger partial charge in [0.1, 0.15) is 5.82 Å². The van der Waals surface area contributed by atoms with E-state index in [4.69, 9.17) is 0 Å². The van der Waals surface area contributed by atoms with Crippen molar-refractivity contribution in [3.8, 4) is 6.07 Å². The first-order valence-electron chi connectivity index (χ1n) is 7.37. The molecule has 3 aromatic rings. The molecular formula is C20H11F4N. The first kappa shape index (κ1) is 16.7. The van der Waals surface area contributed by atoms with Crippen molar-refractivity contribution in [1.29, 1.82) is 5.26 Å². The highest BCUT2D eigenvalue weighted by Crippen LogP contribution is 2.37. The van der Waals surface area contributed by atoms with E-state index in [1.165, 1.54) is 42.5 Å². The summed E-state index contributed by atoms with van der Waals surface area (Å²) >= 11 is 0. The Hall–Kier alpha value is -3.13. The number of allylic oxidation sites excluding steroid dienone is 1. The molecule has 3 rings (SSSR count). The molecule has 0 heterocycles. The van der Waals surface area contributed by atoms with Crippen LogP contribution in [0, 0.1) is 17.1 Å². The molecule has 3 aromatic carbocycles. The molecule has 0 radical (unpaired) electrons. The van der Waals surface area contributed by atoms with Crippen LogP contribution in [0.15, 0.2) is 60.7 Å². The lowest BCUT2D eigenvalue weighted by Crippen LogP contribution is -2.06. The zero-order valence-electron chi connectivity index (χ0n) is 12.8. The normalized spacial score (nSPS) is 12.2. The van der Waals surface area contributed by atoms with Crippen molar-refractivity contribution in [1.82, 2.24) is 0 Å². The minimum atomic E-state index is -4.52. The molecule has 0 aromatic heterocycles. The van der Waals surface area contributed by atoms with Crippen molar-refractivity contribution in [2.24, 2.45) is 0 Å². The fraction of sp³-hybridized carbons (Fsp3) is 0.0500. The van der Waals surface area contributed by atoms with Gasteiger partial charge in [-0.15, -0.1) is 0 Å². The number of alkyl halides is 3. The molecule has 0 N–H and O–H groups in total. The molecule has 0 unspecified atom stereocenters. The number of rotatable bonds is 2. The minimum Gasteiger partial charge on any atom is -0.207 e. The van der Waals surface area contributed by atoms with Crippen molar-refractivity contribution in [3.63, 3.8) is 0 Å². The minimum absolute atomic E-state index is 0.0154. The van der Waals surface area contributed by atoms with Crippen molar-refractivity contribution in [2.45, 2.75) is 6.18 Å². The third-order valence-electron chi connectivity index (χ3n) is 3.80. The molecule has 0 saturated carbocycles. The van der Waals surface area contributed by atoms with Gasteiger partial charge >= 0.3 is 6.18 Å². The summed E-state index contributed by atoms with van der Waals surface area (Å²) in [6, 6.07) is 16.0. The van der Waals surface area contributed by atoms with E-state index in [0.29, 0.717) is 10.9 Å². The van der Waals surface area contributed by atoms with Crippen LogP contribution < -0.4 is 0 Å². The van der Waals surface area contributed by atoms with Crippen molar-refractivity contribution < 1.29 is 17.6 Å². The monoisotopic (exact) mass is 341 g/mol. The Kier molecular flexibility index (Phi) is 4.28. The van der Waals surface area contributed by atoms with E-state index in [-0.39, 0.29) is 16.5 Å². The quantitative estimate of drug-likeness (QED) is 0.316. The van der Waals surface area contributed by atoms with E-state index in [2.05, 4.69) is 0 Å². The number of benzene rings is 3. The van der Waals surface area contributed by atoms with Crippen LogP contribution in [0.4, 0.5) is 17.6 Å². The molecule has 0 amide bonds. The van der Waals surface area contributed by atoms with Crippen LogP contribution in [0.1, 0.15) is 16.7 Å². The van der Waals surface area contributed by atoms with Crippen LogP contribution in [0.25, 0.3) is 22.4 Å². The van der Waals surface area contributed by atoms with E-state index < -0.39 is 17.6 Å². The lowest BCUT2D eigenvalue weighted by atomic mass is 9.96. The van der Waals surface area contributed by atoms with Crippen molar-refractivity contribution in [2.75, 3.05) is 0 Å². The first-order chi connectivity index (χ1) is 11.9. The van der Waals surface area contributed by atoms with Gasteiger partial charge in [0.2, 0.25) is 0 Å². The molecule has 124 valence electrons. The van der Waals surface area contributed by atoms with Crippen molar-refractivity contribution in [3.05, 3.63) is 83.2 Å². The molecular weight excluding hydrogens is 330 g/mol. The van der Waals surface area contributed by atoms with E-state index in [1.54, 1.807) is 18.2 Å². The Morgan fingerprint density at radius 3 is 2.28 bits per heavy atom. The van der Waals surface area contributed by atoms with Gasteiger partial charge in [-0.2, -0.15) is 18.4 Å². The van der Waals surface area contributed by atoms with Crippen LogP contribution in [-0.4, -0.2) is 0 Å². The van der Waals surface area contributed by atoms with Gasteiger partial charge in [0.15, 0.2) is 0 Å².